The molecule has 0 aliphatic heterocycles. The number of aryl methyl sites for hydroxylation is 1. The number of amides is 2. The molecular weight excluding hydrogens is 500 g/mol. The number of rotatable bonds is 13. The smallest absolute Gasteiger partial charge is 0.253 e. The van der Waals surface area contributed by atoms with Gasteiger partial charge in [-0.15, -0.1) is 0 Å². The van der Waals surface area contributed by atoms with Gasteiger partial charge in [0.1, 0.15) is 11.6 Å². The van der Waals surface area contributed by atoms with Crippen LogP contribution >= 0.6 is 0 Å². The van der Waals surface area contributed by atoms with Gasteiger partial charge >= 0.3 is 0 Å². The molecule has 2 aromatic carbocycles. The van der Waals surface area contributed by atoms with Gasteiger partial charge in [-0.3, -0.25) is 9.59 Å². The molecule has 1 fully saturated rings. The van der Waals surface area contributed by atoms with Crippen molar-refractivity contribution >= 4 is 11.8 Å². The maximum atomic E-state index is 13.9. The van der Waals surface area contributed by atoms with Crippen molar-refractivity contribution in [2.24, 2.45) is 0 Å². The predicted octanol–water partition coefficient (Wildman–Crippen LogP) is 5.16. The van der Waals surface area contributed by atoms with Crippen LogP contribution in [0.3, 0.4) is 0 Å². The fraction of sp³-hybridized carbons (Fsp3) is 0.548. The lowest BCUT2D eigenvalue weighted by Gasteiger charge is -2.28. The largest absolute Gasteiger partial charge is 0.390 e. The maximum absolute atomic E-state index is 13.9. The second kappa shape index (κ2) is 15.1. The monoisotopic (exact) mass is 543 g/mol. The minimum absolute atomic E-state index is 0.0479. The molecule has 3 rings (SSSR count). The third-order valence-corrected chi connectivity index (χ3v) is 7.24. The molecule has 0 aromatic heterocycles. The van der Waals surface area contributed by atoms with E-state index in [1.807, 2.05) is 20.8 Å². The third-order valence-electron chi connectivity index (χ3n) is 7.24. The van der Waals surface area contributed by atoms with Gasteiger partial charge in [0.15, 0.2) is 0 Å². The highest BCUT2D eigenvalue weighted by molar-refractivity contribution is 6.00. The van der Waals surface area contributed by atoms with Crippen LogP contribution in [0.15, 0.2) is 36.4 Å². The summed E-state index contributed by atoms with van der Waals surface area (Å²) < 4.78 is 27.8. The first-order valence-corrected chi connectivity index (χ1v) is 14.3. The van der Waals surface area contributed by atoms with E-state index < -0.39 is 29.7 Å². The van der Waals surface area contributed by atoms with Gasteiger partial charge in [0.05, 0.1) is 12.1 Å². The van der Waals surface area contributed by atoms with Crippen molar-refractivity contribution < 1.29 is 23.5 Å². The number of nitrogens with zero attached hydrogens (tertiary/aromatic N) is 1. The lowest BCUT2D eigenvalue weighted by molar-refractivity contribution is 0.0755. The second-order valence-corrected chi connectivity index (χ2v) is 10.8. The molecule has 1 aliphatic carbocycles. The van der Waals surface area contributed by atoms with Crippen LogP contribution in [-0.4, -0.2) is 59.6 Å². The van der Waals surface area contributed by atoms with Crippen molar-refractivity contribution in [2.75, 3.05) is 19.6 Å². The van der Waals surface area contributed by atoms with Gasteiger partial charge in [0.2, 0.25) is 0 Å². The second-order valence-electron chi connectivity index (χ2n) is 10.8. The van der Waals surface area contributed by atoms with Crippen molar-refractivity contribution in [1.29, 1.82) is 0 Å². The summed E-state index contributed by atoms with van der Waals surface area (Å²) in [6.45, 7) is 7.37. The van der Waals surface area contributed by atoms with E-state index in [2.05, 4.69) is 10.6 Å². The van der Waals surface area contributed by atoms with E-state index in [9.17, 15) is 23.5 Å². The van der Waals surface area contributed by atoms with Gasteiger partial charge in [0.25, 0.3) is 11.8 Å². The van der Waals surface area contributed by atoms with E-state index in [0.29, 0.717) is 35.8 Å². The number of hydrogen-bond acceptors (Lipinski definition) is 4. The zero-order valence-corrected chi connectivity index (χ0v) is 23.4. The molecule has 0 heterocycles. The molecule has 0 radical (unpaired) electrons. The Balaban J connectivity index is 1.80. The van der Waals surface area contributed by atoms with E-state index >= 15 is 0 Å². The molecular formula is C31H43F2N3O3. The Morgan fingerprint density at radius 3 is 2.18 bits per heavy atom. The Bertz CT molecular complexity index is 1080. The van der Waals surface area contributed by atoms with Crippen LogP contribution in [0.1, 0.15) is 90.6 Å². The number of carbonyl (C=O) groups excluding carboxylic acids is 2. The summed E-state index contributed by atoms with van der Waals surface area (Å²) in [5.41, 5.74) is 1.84. The highest BCUT2D eigenvalue weighted by Gasteiger charge is 2.25. The van der Waals surface area contributed by atoms with Crippen LogP contribution in [0.5, 0.6) is 0 Å². The number of aliphatic hydroxyl groups is 1. The summed E-state index contributed by atoms with van der Waals surface area (Å²) in [5, 5.41) is 17.4. The molecule has 0 bridgehead atoms. The van der Waals surface area contributed by atoms with Crippen LogP contribution < -0.4 is 10.6 Å². The minimum atomic E-state index is -0.988. The SMILES string of the molecule is CCCN(CCC)C(=O)c1cc(C)cc(C(=O)N[C@@H](Cc2cc(F)cc(F)c2)[C@H](O)CNC2CCCCC2)c1. The van der Waals surface area contributed by atoms with E-state index in [0.717, 1.165) is 50.2 Å². The zero-order chi connectivity index (χ0) is 28.4. The predicted molar refractivity (Wildman–Crippen MR) is 150 cm³/mol. The van der Waals surface area contributed by atoms with Crippen LogP contribution in [0.25, 0.3) is 0 Å². The standard InChI is InChI=1S/C31H43F2N3O3/c1-4-11-36(12-5-2)31(39)24-14-21(3)13-23(18-24)30(38)35-28(17-22-15-25(32)19-26(33)16-22)29(37)20-34-27-9-7-6-8-10-27/h13-16,18-19,27-29,34,37H,4-12,17,20H2,1-3H3,(H,35,38)/t28-,29+/m0/s1. The van der Waals surface area contributed by atoms with Crippen LogP contribution in [-0.2, 0) is 6.42 Å². The zero-order valence-electron chi connectivity index (χ0n) is 23.4. The number of hydrogen-bond donors (Lipinski definition) is 3. The van der Waals surface area contributed by atoms with Crippen LogP contribution in [0, 0.1) is 18.6 Å². The molecule has 2 amide bonds. The Labute approximate surface area is 231 Å². The van der Waals surface area contributed by atoms with E-state index in [1.165, 1.54) is 18.6 Å². The molecule has 0 saturated heterocycles. The quantitative estimate of drug-likeness (QED) is 0.326. The first-order chi connectivity index (χ1) is 18.7. The molecule has 8 heteroatoms. The summed E-state index contributed by atoms with van der Waals surface area (Å²) >= 11 is 0. The third kappa shape index (κ3) is 9.39. The Kier molecular flexibility index (Phi) is 11.9. The fourth-order valence-corrected chi connectivity index (χ4v) is 5.33. The van der Waals surface area contributed by atoms with Crippen molar-refractivity contribution in [3.05, 3.63) is 70.3 Å². The topological polar surface area (TPSA) is 81.7 Å². The molecule has 1 aliphatic rings. The summed E-state index contributed by atoms with van der Waals surface area (Å²) in [6, 6.07) is 7.77. The summed E-state index contributed by atoms with van der Waals surface area (Å²) in [4.78, 5) is 28.4. The van der Waals surface area contributed by atoms with E-state index in [1.54, 1.807) is 23.1 Å². The van der Waals surface area contributed by atoms with Gasteiger partial charge in [-0.2, -0.15) is 0 Å². The van der Waals surface area contributed by atoms with Crippen molar-refractivity contribution in [3.8, 4) is 0 Å². The Morgan fingerprint density at radius 2 is 1.56 bits per heavy atom. The summed E-state index contributed by atoms with van der Waals surface area (Å²) in [5.74, 6) is -2.00. The van der Waals surface area contributed by atoms with Crippen molar-refractivity contribution in [2.45, 2.75) is 90.3 Å². The molecule has 6 nitrogen and oxygen atoms in total. The number of carbonyl (C=O) groups is 2. The molecule has 2 aromatic rings. The van der Waals surface area contributed by atoms with Crippen LogP contribution in [0.2, 0.25) is 0 Å². The first-order valence-electron chi connectivity index (χ1n) is 14.3. The Hall–Kier alpha value is -2.84. The molecule has 214 valence electrons. The fourth-order valence-electron chi connectivity index (χ4n) is 5.33. The van der Waals surface area contributed by atoms with Gasteiger partial charge in [-0.1, -0.05) is 33.1 Å². The van der Waals surface area contributed by atoms with Gasteiger partial charge in [-0.25, -0.2) is 8.78 Å². The number of halogens is 2. The average molecular weight is 544 g/mol. The van der Waals surface area contributed by atoms with E-state index in [4.69, 9.17) is 0 Å². The maximum Gasteiger partial charge on any atom is 0.253 e. The van der Waals surface area contributed by atoms with E-state index in [-0.39, 0.29) is 18.9 Å². The molecule has 1 saturated carbocycles. The van der Waals surface area contributed by atoms with Crippen LogP contribution in [0.4, 0.5) is 8.78 Å². The molecule has 3 N–H and O–H groups in total. The molecule has 0 unspecified atom stereocenters. The summed E-state index contributed by atoms with van der Waals surface area (Å²) in [7, 11) is 0. The summed E-state index contributed by atoms with van der Waals surface area (Å²) in [6.07, 6.45) is 6.28. The normalized spacial score (nSPS) is 15.5. The number of benzene rings is 2. The highest BCUT2D eigenvalue weighted by atomic mass is 19.1. The number of aliphatic hydroxyl groups excluding tert-OH is 1. The van der Waals surface area contributed by atoms with Gasteiger partial charge in [-0.05, 0) is 80.5 Å². The molecule has 2 atom stereocenters. The number of nitrogens with one attached hydrogen (secondary N) is 2. The lowest BCUT2D eigenvalue weighted by Crippen LogP contribution is -2.50. The molecule has 39 heavy (non-hydrogen) atoms. The van der Waals surface area contributed by atoms with Gasteiger partial charge < -0.3 is 20.6 Å². The highest BCUT2D eigenvalue weighted by Crippen LogP contribution is 2.19. The Morgan fingerprint density at radius 1 is 0.949 bits per heavy atom. The molecule has 0 spiro atoms. The first kappa shape index (κ1) is 30.7. The average Bonchev–Trinajstić information content (AvgIpc) is 2.90. The van der Waals surface area contributed by atoms with Crippen molar-refractivity contribution in [1.82, 2.24) is 15.5 Å². The van der Waals surface area contributed by atoms with Crippen molar-refractivity contribution in [3.63, 3.8) is 0 Å². The minimum Gasteiger partial charge on any atom is -0.390 e. The van der Waals surface area contributed by atoms with Gasteiger partial charge in [0, 0.05) is 42.9 Å². The lowest BCUT2D eigenvalue weighted by atomic mass is 9.94.